The van der Waals surface area contributed by atoms with Gasteiger partial charge in [0.2, 0.25) is 0 Å². The van der Waals surface area contributed by atoms with Gasteiger partial charge >= 0.3 is 12.1 Å². The minimum atomic E-state index is -4.41. The second-order valence-electron chi connectivity index (χ2n) is 7.01. The van der Waals surface area contributed by atoms with Crippen LogP contribution in [0.1, 0.15) is 31.3 Å². The van der Waals surface area contributed by atoms with Crippen molar-refractivity contribution in [1.29, 1.82) is 0 Å². The summed E-state index contributed by atoms with van der Waals surface area (Å²) < 4.78 is 45.4. The molecule has 0 bridgehead atoms. The second kappa shape index (κ2) is 8.29. The molecule has 2 heterocycles. The van der Waals surface area contributed by atoms with Crippen LogP contribution < -0.4 is 5.32 Å². The van der Waals surface area contributed by atoms with E-state index in [4.69, 9.17) is 4.74 Å². The monoisotopic (exact) mass is 441 g/mol. The number of para-hydroxylation sites is 2. The Morgan fingerprint density at radius 2 is 1.78 bits per heavy atom. The van der Waals surface area contributed by atoms with E-state index < -0.39 is 23.8 Å². The number of hydrogen-bond donors (Lipinski definition) is 1. The van der Waals surface area contributed by atoms with Crippen molar-refractivity contribution in [1.82, 2.24) is 19.5 Å². The molecule has 164 valence electrons. The van der Waals surface area contributed by atoms with E-state index in [0.717, 1.165) is 17.6 Å². The Labute approximate surface area is 180 Å². The van der Waals surface area contributed by atoms with Crippen molar-refractivity contribution < 1.29 is 22.7 Å². The maximum Gasteiger partial charge on any atom is 0.416 e. The van der Waals surface area contributed by atoms with E-state index >= 15 is 0 Å². The number of nitrogens with one attached hydrogen (secondary N) is 1. The van der Waals surface area contributed by atoms with Gasteiger partial charge in [-0.15, -0.1) is 0 Å². The van der Waals surface area contributed by atoms with Crippen LogP contribution in [0, 0.1) is 0 Å². The van der Waals surface area contributed by atoms with Gasteiger partial charge in [0.25, 0.3) is 0 Å². The second-order valence-corrected chi connectivity index (χ2v) is 7.01. The van der Waals surface area contributed by atoms with E-state index in [1.165, 1.54) is 31.5 Å². The van der Waals surface area contributed by atoms with Crippen molar-refractivity contribution in [2.24, 2.45) is 0 Å². The van der Waals surface area contributed by atoms with Gasteiger partial charge in [0.15, 0.2) is 23.6 Å². The summed E-state index contributed by atoms with van der Waals surface area (Å²) in [6.45, 7) is 3.02. The van der Waals surface area contributed by atoms with E-state index in [2.05, 4.69) is 20.3 Å². The Balaban J connectivity index is 1.71. The number of fused-ring (bicyclic) bond motifs is 1. The van der Waals surface area contributed by atoms with Gasteiger partial charge in [-0.25, -0.2) is 9.97 Å². The Bertz CT molecular complexity index is 1270. The van der Waals surface area contributed by atoms with E-state index in [-0.39, 0.29) is 0 Å². The molecule has 1 unspecified atom stereocenters. The summed E-state index contributed by atoms with van der Waals surface area (Å²) in [7, 11) is 0. The zero-order chi connectivity index (χ0) is 22.9. The molecule has 1 atom stereocenters. The molecule has 0 fully saturated rings. The van der Waals surface area contributed by atoms with Gasteiger partial charge in [-0.1, -0.05) is 12.1 Å². The van der Waals surface area contributed by atoms with E-state index in [1.54, 1.807) is 11.5 Å². The summed E-state index contributed by atoms with van der Waals surface area (Å²) in [5, 5.41) is 2.95. The summed E-state index contributed by atoms with van der Waals surface area (Å²) in [5.41, 5.74) is 1.11. The van der Waals surface area contributed by atoms with Gasteiger partial charge in [0.1, 0.15) is 0 Å². The molecule has 0 aliphatic rings. The normalized spacial score (nSPS) is 12.5. The zero-order valence-electron chi connectivity index (χ0n) is 17.1. The topological polar surface area (TPSA) is 81.9 Å². The molecule has 0 radical (unpaired) electrons. The van der Waals surface area contributed by atoms with Crippen molar-refractivity contribution in [3.63, 3.8) is 0 Å². The van der Waals surface area contributed by atoms with Gasteiger partial charge in [-0.05, 0) is 43.3 Å². The number of hydrogen-bond acceptors (Lipinski definition) is 6. The van der Waals surface area contributed by atoms with E-state index in [9.17, 15) is 18.0 Å². The average Bonchev–Trinajstić information content (AvgIpc) is 3.13. The third-order valence-corrected chi connectivity index (χ3v) is 4.63. The summed E-state index contributed by atoms with van der Waals surface area (Å²) in [4.78, 5) is 24.8. The molecule has 0 saturated carbocycles. The van der Waals surface area contributed by atoms with Crippen LogP contribution in [0.15, 0.2) is 60.9 Å². The van der Waals surface area contributed by atoms with Gasteiger partial charge in [0, 0.05) is 12.6 Å². The lowest BCUT2D eigenvalue weighted by molar-refractivity contribution is -0.146. The molecular formula is C22H18F3N5O2. The maximum absolute atomic E-state index is 12.8. The first-order chi connectivity index (χ1) is 15.2. The number of ether oxygens (including phenoxy) is 1. The van der Waals surface area contributed by atoms with Crippen molar-refractivity contribution in [2.45, 2.75) is 26.1 Å². The molecule has 2 aromatic heterocycles. The minimum absolute atomic E-state index is 0.325. The van der Waals surface area contributed by atoms with E-state index in [1.807, 2.05) is 24.3 Å². The highest BCUT2D eigenvalue weighted by molar-refractivity contribution is 5.78. The maximum atomic E-state index is 12.8. The van der Waals surface area contributed by atoms with Gasteiger partial charge in [-0.3, -0.25) is 14.3 Å². The van der Waals surface area contributed by atoms with E-state index in [0.29, 0.717) is 28.7 Å². The summed E-state index contributed by atoms with van der Waals surface area (Å²) in [5.74, 6) is 0.748. The van der Waals surface area contributed by atoms with Crippen molar-refractivity contribution in [3.8, 4) is 5.82 Å². The third-order valence-electron chi connectivity index (χ3n) is 4.63. The lowest BCUT2D eigenvalue weighted by Crippen LogP contribution is -2.12. The predicted octanol–water partition coefficient (Wildman–Crippen LogP) is 5.20. The predicted molar refractivity (Wildman–Crippen MR) is 112 cm³/mol. The summed E-state index contributed by atoms with van der Waals surface area (Å²) in [6, 6.07) is 12.0. The molecule has 7 nitrogen and oxygen atoms in total. The minimum Gasteiger partial charge on any atom is -0.455 e. The van der Waals surface area contributed by atoms with Crippen LogP contribution in [0.25, 0.3) is 16.9 Å². The molecule has 0 aliphatic carbocycles. The lowest BCUT2D eigenvalue weighted by Gasteiger charge is -2.15. The number of rotatable bonds is 5. The number of carbonyl (C=O) groups excluding carboxylic acids is 1. The fraction of sp³-hybridized carbons (Fsp3) is 0.182. The van der Waals surface area contributed by atoms with Crippen LogP contribution in [0.4, 0.5) is 24.7 Å². The van der Waals surface area contributed by atoms with Crippen molar-refractivity contribution in [3.05, 3.63) is 72.3 Å². The van der Waals surface area contributed by atoms with Crippen molar-refractivity contribution >= 4 is 28.5 Å². The molecular weight excluding hydrogens is 423 g/mol. The number of imidazole rings is 1. The number of anilines is 2. The van der Waals surface area contributed by atoms with Crippen LogP contribution in [0.2, 0.25) is 0 Å². The Morgan fingerprint density at radius 1 is 1.06 bits per heavy atom. The molecule has 1 N–H and O–H groups in total. The van der Waals surface area contributed by atoms with Crippen LogP contribution in [0.3, 0.4) is 0 Å². The summed E-state index contributed by atoms with van der Waals surface area (Å²) >= 11 is 0. The number of benzene rings is 2. The number of halogens is 3. The smallest absolute Gasteiger partial charge is 0.416 e. The Morgan fingerprint density at radius 3 is 2.47 bits per heavy atom. The van der Waals surface area contributed by atoms with Gasteiger partial charge < -0.3 is 10.1 Å². The molecule has 32 heavy (non-hydrogen) atoms. The number of nitrogens with zero attached hydrogens (tertiary/aromatic N) is 4. The molecule has 10 heteroatoms. The van der Waals surface area contributed by atoms with Crippen LogP contribution in [-0.2, 0) is 15.7 Å². The van der Waals surface area contributed by atoms with Gasteiger partial charge in [-0.2, -0.15) is 13.2 Å². The number of aromatic nitrogens is 4. The van der Waals surface area contributed by atoms with Crippen LogP contribution >= 0.6 is 0 Å². The summed E-state index contributed by atoms with van der Waals surface area (Å²) in [6.07, 6.45) is -2.07. The third kappa shape index (κ3) is 4.39. The first-order valence-corrected chi connectivity index (χ1v) is 9.63. The molecule has 0 spiro atoms. The average molecular weight is 441 g/mol. The number of esters is 1. The fourth-order valence-electron chi connectivity index (χ4n) is 3.27. The molecule has 4 rings (SSSR count). The van der Waals surface area contributed by atoms with Crippen LogP contribution in [-0.4, -0.2) is 25.5 Å². The highest BCUT2D eigenvalue weighted by Crippen LogP contribution is 2.31. The molecule has 2 aromatic carbocycles. The first-order valence-electron chi connectivity index (χ1n) is 9.63. The lowest BCUT2D eigenvalue weighted by atomic mass is 10.2. The molecule has 0 saturated heterocycles. The molecule has 0 amide bonds. The zero-order valence-corrected chi connectivity index (χ0v) is 17.1. The molecule has 0 aliphatic heterocycles. The number of alkyl halides is 3. The number of carbonyl (C=O) groups is 1. The van der Waals surface area contributed by atoms with Crippen molar-refractivity contribution in [2.75, 3.05) is 5.32 Å². The SMILES string of the molecule is CC(=O)OC(C)c1nc2ccccc2n1-c1cncc(Nc2ccc(C(F)(F)F)cc2)n1. The van der Waals surface area contributed by atoms with Crippen LogP contribution in [0.5, 0.6) is 0 Å². The highest BCUT2D eigenvalue weighted by atomic mass is 19.4. The highest BCUT2D eigenvalue weighted by Gasteiger charge is 2.30. The molecule has 4 aromatic rings. The Hall–Kier alpha value is -3.95. The quantitative estimate of drug-likeness (QED) is 0.429. The largest absolute Gasteiger partial charge is 0.455 e. The van der Waals surface area contributed by atoms with Gasteiger partial charge in [0.05, 0.1) is 29.0 Å². The Kier molecular flexibility index (Phi) is 5.52. The first kappa shape index (κ1) is 21.3. The standard InChI is InChI=1S/C22H18F3N5O2/c1-13(32-14(2)31)21-28-17-5-3-4-6-18(17)30(21)20-12-26-11-19(29-20)27-16-9-7-15(8-10-16)22(23,24)25/h3-13H,1-2H3,(H,27,29). The fourth-order valence-corrected chi connectivity index (χ4v) is 3.27.